The van der Waals surface area contributed by atoms with Crippen molar-refractivity contribution in [2.45, 2.75) is 38.5 Å². The third kappa shape index (κ3) is 1.40. The van der Waals surface area contributed by atoms with Crippen LogP contribution in [0.4, 0.5) is 0 Å². The Morgan fingerprint density at radius 1 is 0.607 bits per heavy atom. The van der Waals surface area contributed by atoms with Crippen LogP contribution >= 0.6 is 0 Å². The Balaban J connectivity index is 1.27. The summed E-state index contributed by atoms with van der Waals surface area (Å²) in [7, 11) is 0. The molecule has 4 bridgehead atoms. The van der Waals surface area contributed by atoms with E-state index in [-0.39, 0.29) is 41.3 Å². The van der Waals surface area contributed by atoms with Crippen LogP contribution in [0, 0.1) is 58.2 Å². The zero-order chi connectivity index (χ0) is 19.2. The van der Waals surface area contributed by atoms with Crippen LogP contribution in [-0.4, -0.2) is 29.7 Å². The molecular formula is C21H20O7. The first-order valence-corrected chi connectivity index (χ1v) is 10.4. The lowest BCUT2D eigenvalue weighted by atomic mass is 9.58. The van der Waals surface area contributed by atoms with Crippen LogP contribution in [0.15, 0.2) is 0 Å². The number of fused-ring (bicyclic) bond motifs is 12. The van der Waals surface area contributed by atoms with Crippen molar-refractivity contribution in [1.82, 2.24) is 0 Å². The molecule has 7 rings (SSSR count). The van der Waals surface area contributed by atoms with Gasteiger partial charge in [0, 0.05) is 10.8 Å². The fraction of sp³-hybridized carbons (Fsp3) is 0.762. The van der Waals surface area contributed by atoms with Crippen molar-refractivity contribution in [3.05, 3.63) is 0 Å². The molecule has 0 radical (unpaired) electrons. The summed E-state index contributed by atoms with van der Waals surface area (Å²) < 4.78 is 9.82. The summed E-state index contributed by atoms with van der Waals surface area (Å²) in [6.45, 7) is 0. The molecule has 2 aliphatic heterocycles. The summed E-state index contributed by atoms with van der Waals surface area (Å²) in [5.41, 5.74) is -1.11. The number of carbonyl (C=O) groups excluding carboxylic acids is 5. The van der Waals surface area contributed by atoms with Crippen LogP contribution in [0.3, 0.4) is 0 Å². The third-order valence-electron chi connectivity index (χ3n) is 9.85. The highest BCUT2D eigenvalue weighted by atomic mass is 16.6. The summed E-state index contributed by atoms with van der Waals surface area (Å²) in [5.74, 6) is -3.28. The van der Waals surface area contributed by atoms with Gasteiger partial charge in [-0.3, -0.25) is 24.0 Å². The maximum Gasteiger partial charge on any atom is 0.317 e. The number of esters is 4. The van der Waals surface area contributed by atoms with Gasteiger partial charge in [-0.1, -0.05) is 0 Å². The molecule has 7 nitrogen and oxygen atoms in total. The van der Waals surface area contributed by atoms with Crippen molar-refractivity contribution in [2.75, 3.05) is 0 Å². The average molecular weight is 384 g/mol. The molecule has 0 amide bonds. The van der Waals surface area contributed by atoms with E-state index in [1.807, 2.05) is 0 Å². The summed E-state index contributed by atoms with van der Waals surface area (Å²) in [6.07, 6.45) is 4.27. The number of ketones is 1. The molecule has 2 heterocycles. The molecule has 0 aromatic rings. The van der Waals surface area contributed by atoms with E-state index in [0.29, 0.717) is 12.8 Å². The van der Waals surface area contributed by atoms with Crippen LogP contribution in [0.5, 0.6) is 0 Å². The fourth-order valence-corrected chi connectivity index (χ4v) is 9.16. The van der Waals surface area contributed by atoms with Crippen molar-refractivity contribution < 1.29 is 33.4 Å². The Hall–Kier alpha value is -2.05. The highest BCUT2D eigenvalue weighted by Crippen LogP contribution is 2.75. The predicted molar refractivity (Wildman–Crippen MR) is 87.7 cm³/mol. The minimum Gasteiger partial charge on any atom is -0.393 e. The van der Waals surface area contributed by atoms with E-state index in [2.05, 4.69) is 0 Å². The van der Waals surface area contributed by atoms with Crippen molar-refractivity contribution in [3.8, 4) is 0 Å². The first kappa shape index (κ1) is 15.8. The standard InChI is InChI=1S/C21H20O7/c22-15-11-7-3-9(13(11)17(24)27-15)20(5-7)1-2-21(19(20)26)6-8-4-10(21)14-12(8)16(23)28-18(14)25/h7-14H,1-6H2/t7-,8?,9+,10-,11-,12-,13?,14?,20+,21+/m0/s1. The molecule has 5 aliphatic carbocycles. The van der Waals surface area contributed by atoms with E-state index in [9.17, 15) is 24.0 Å². The molecule has 28 heavy (non-hydrogen) atoms. The molecule has 2 saturated heterocycles. The van der Waals surface area contributed by atoms with Crippen LogP contribution in [0.1, 0.15) is 38.5 Å². The van der Waals surface area contributed by atoms with E-state index in [0.717, 1.165) is 25.7 Å². The number of Topliss-reactive ketones (excluding diaryl/α,β-unsaturated/α-hetero) is 1. The Morgan fingerprint density at radius 3 is 1.43 bits per heavy atom. The number of ether oxygens (including phenoxy) is 2. The van der Waals surface area contributed by atoms with E-state index >= 15 is 0 Å². The highest BCUT2D eigenvalue weighted by Gasteiger charge is 2.78. The van der Waals surface area contributed by atoms with Crippen molar-refractivity contribution in [1.29, 1.82) is 0 Å². The molecule has 0 aromatic carbocycles. The summed E-state index contributed by atoms with van der Waals surface area (Å²) >= 11 is 0. The molecule has 7 fully saturated rings. The number of carbonyl (C=O) groups is 5. The molecule has 3 unspecified atom stereocenters. The SMILES string of the molecule is O=C1OC(=O)[C@@H]2C1[C@H]1C[C@H]2C[C@]12CC[C@]1(CC3C[C@H]1C1C(=O)OC(=O)[C@@H]31)C2=O. The van der Waals surface area contributed by atoms with Crippen LogP contribution < -0.4 is 0 Å². The Morgan fingerprint density at radius 2 is 1.00 bits per heavy atom. The quantitative estimate of drug-likeness (QED) is 0.454. The molecule has 0 aromatic heterocycles. The van der Waals surface area contributed by atoms with Crippen molar-refractivity contribution in [3.63, 3.8) is 0 Å². The second-order valence-corrected chi connectivity index (χ2v) is 10.3. The van der Waals surface area contributed by atoms with E-state index in [1.165, 1.54) is 0 Å². The Kier molecular flexibility index (Phi) is 2.49. The van der Waals surface area contributed by atoms with Gasteiger partial charge in [-0.25, -0.2) is 0 Å². The van der Waals surface area contributed by atoms with Gasteiger partial charge in [0.15, 0.2) is 0 Å². The maximum absolute atomic E-state index is 14.0. The Labute approximate surface area is 160 Å². The van der Waals surface area contributed by atoms with Crippen LogP contribution in [0.2, 0.25) is 0 Å². The summed E-state index contributed by atoms with van der Waals surface area (Å²) in [6, 6.07) is 0. The molecule has 5 saturated carbocycles. The van der Waals surface area contributed by atoms with Gasteiger partial charge in [-0.2, -0.15) is 0 Å². The zero-order valence-electron chi connectivity index (χ0n) is 15.2. The minimum absolute atomic E-state index is 0.0532. The van der Waals surface area contributed by atoms with Gasteiger partial charge < -0.3 is 9.47 Å². The average Bonchev–Trinajstić information content (AvgIpc) is 3.46. The predicted octanol–water partition coefficient (Wildman–Crippen LogP) is 1.03. The van der Waals surface area contributed by atoms with Gasteiger partial charge in [-0.05, 0) is 62.2 Å². The highest BCUT2D eigenvalue weighted by molar-refractivity contribution is 6.02. The maximum atomic E-state index is 14.0. The van der Waals surface area contributed by atoms with Gasteiger partial charge in [-0.15, -0.1) is 0 Å². The van der Waals surface area contributed by atoms with Gasteiger partial charge in [0.25, 0.3) is 0 Å². The van der Waals surface area contributed by atoms with Gasteiger partial charge in [0.05, 0.1) is 23.7 Å². The number of rotatable bonds is 0. The smallest absolute Gasteiger partial charge is 0.317 e. The van der Waals surface area contributed by atoms with Gasteiger partial charge >= 0.3 is 23.9 Å². The Bertz CT molecular complexity index is 850. The van der Waals surface area contributed by atoms with Gasteiger partial charge in [0.2, 0.25) is 0 Å². The van der Waals surface area contributed by atoms with E-state index in [4.69, 9.17) is 9.47 Å². The van der Waals surface area contributed by atoms with Gasteiger partial charge in [0.1, 0.15) is 5.78 Å². The molecular weight excluding hydrogens is 364 g/mol. The molecule has 146 valence electrons. The van der Waals surface area contributed by atoms with Crippen molar-refractivity contribution in [2.24, 2.45) is 58.2 Å². The monoisotopic (exact) mass is 384 g/mol. The van der Waals surface area contributed by atoms with Crippen LogP contribution in [0.25, 0.3) is 0 Å². The minimum atomic E-state index is -0.554. The second kappa shape index (κ2) is 4.41. The third-order valence-corrected chi connectivity index (χ3v) is 9.85. The lowest BCUT2D eigenvalue weighted by Crippen LogP contribution is -2.48. The number of hydrogen-bond donors (Lipinski definition) is 0. The molecule has 0 N–H and O–H groups in total. The normalized spacial score (nSPS) is 57.6. The lowest BCUT2D eigenvalue weighted by Gasteiger charge is -2.41. The zero-order valence-corrected chi connectivity index (χ0v) is 15.2. The fourth-order valence-electron chi connectivity index (χ4n) is 9.16. The number of hydrogen-bond acceptors (Lipinski definition) is 7. The largest absolute Gasteiger partial charge is 0.393 e. The van der Waals surface area contributed by atoms with Crippen LogP contribution in [-0.2, 0) is 33.4 Å². The van der Waals surface area contributed by atoms with Crippen molar-refractivity contribution >= 4 is 29.7 Å². The summed E-state index contributed by atoms with van der Waals surface area (Å²) in [4.78, 5) is 62.8. The lowest BCUT2D eigenvalue weighted by molar-refractivity contribution is -0.156. The first-order valence-electron chi connectivity index (χ1n) is 10.4. The second-order valence-electron chi connectivity index (χ2n) is 10.3. The molecule has 7 heteroatoms. The van der Waals surface area contributed by atoms with E-state index < -0.39 is 46.5 Å². The molecule has 7 aliphatic rings. The summed E-state index contributed by atoms with van der Waals surface area (Å²) in [5, 5.41) is 0. The van der Waals surface area contributed by atoms with E-state index in [1.54, 1.807) is 0 Å². The molecule has 10 atom stereocenters. The first-order chi connectivity index (χ1) is 13.4. The number of cyclic esters (lactones) is 4. The topological polar surface area (TPSA) is 104 Å². The molecule has 2 spiro atoms.